The van der Waals surface area contributed by atoms with E-state index in [1.54, 1.807) is 0 Å². The molecular formula is C21H22ClN5O3. The first kappa shape index (κ1) is 20.2. The molecule has 0 unspecified atom stereocenters. The molecule has 3 aromatic rings. The number of carbonyl (C=O) groups is 1. The molecule has 1 aromatic heterocycles. The Kier molecular flexibility index (Phi) is 6.44. The molecule has 0 atom stereocenters. The molecule has 0 saturated carbocycles. The molecule has 2 aromatic carbocycles. The fourth-order valence-electron chi connectivity index (χ4n) is 3.17. The number of tetrazole rings is 1. The van der Waals surface area contributed by atoms with E-state index in [9.17, 15) is 4.79 Å². The van der Waals surface area contributed by atoms with Crippen molar-refractivity contribution in [2.75, 3.05) is 19.8 Å². The summed E-state index contributed by atoms with van der Waals surface area (Å²) in [4.78, 5) is 13.6. The number of aryl methyl sites for hydroxylation is 1. The van der Waals surface area contributed by atoms with Gasteiger partial charge in [-0.25, -0.2) is 0 Å². The van der Waals surface area contributed by atoms with Crippen molar-refractivity contribution in [3.05, 3.63) is 53.1 Å². The van der Waals surface area contributed by atoms with Crippen LogP contribution in [0.1, 0.15) is 18.4 Å². The molecule has 8 nitrogen and oxygen atoms in total. The summed E-state index contributed by atoms with van der Waals surface area (Å²) >= 11 is 6.24. The van der Waals surface area contributed by atoms with E-state index in [4.69, 9.17) is 21.1 Å². The number of ether oxygens (including phenoxy) is 2. The van der Waals surface area contributed by atoms with Crippen LogP contribution in [0, 0.1) is 0 Å². The average Bonchev–Trinajstić information content (AvgIpc) is 3.23. The molecule has 2 heterocycles. The van der Waals surface area contributed by atoms with E-state index in [1.165, 1.54) is 4.80 Å². The number of rotatable bonds is 8. The minimum atomic E-state index is -0.0120. The molecule has 0 spiro atoms. The highest BCUT2D eigenvalue weighted by Crippen LogP contribution is 2.38. The lowest BCUT2D eigenvalue weighted by atomic mass is 10.1. The molecule has 1 aliphatic rings. The zero-order chi connectivity index (χ0) is 20.8. The summed E-state index contributed by atoms with van der Waals surface area (Å²) in [6, 6.07) is 13.4. The number of carbonyl (C=O) groups excluding carboxylic acids is 1. The standard InChI is InChI=1S/C21H22ClN5O3/c22-17-13-15(14-18-20(17)30-12-11-29-18)8-9-23-19(28)7-4-10-27-25-21(24-26-27)16-5-2-1-3-6-16/h1-3,5-6,13-14H,4,7-12H2,(H,23,28). The third-order valence-electron chi connectivity index (χ3n) is 4.64. The first-order valence-corrected chi connectivity index (χ1v) is 10.2. The third-order valence-corrected chi connectivity index (χ3v) is 4.92. The minimum Gasteiger partial charge on any atom is -0.486 e. The van der Waals surface area contributed by atoms with Gasteiger partial charge in [-0.1, -0.05) is 41.9 Å². The van der Waals surface area contributed by atoms with Crippen LogP contribution in [0.4, 0.5) is 0 Å². The molecule has 1 amide bonds. The number of halogens is 1. The molecule has 1 aliphatic heterocycles. The number of benzene rings is 2. The van der Waals surface area contributed by atoms with Gasteiger partial charge >= 0.3 is 0 Å². The van der Waals surface area contributed by atoms with Crippen LogP contribution in [-0.2, 0) is 17.8 Å². The highest BCUT2D eigenvalue weighted by molar-refractivity contribution is 6.32. The first-order valence-electron chi connectivity index (χ1n) is 9.87. The van der Waals surface area contributed by atoms with Crippen molar-refractivity contribution in [3.63, 3.8) is 0 Å². The molecule has 4 rings (SSSR count). The van der Waals surface area contributed by atoms with Crippen LogP contribution in [0.2, 0.25) is 5.02 Å². The summed E-state index contributed by atoms with van der Waals surface area (Å²) in [5.41, 5.74) is 1.91. The van der Waals surface area contributed by atoms with E-state index in [0.29, 0.717) is 67.9 Å². The van der Waals surface area contributed by atoms with Crippen molar-refractivity contribution in [1.29, 1.82) is 0 Å². The van der Waals surface area contributed by atoms with E-state index >= 15 is 0 Å². The fourth-order valence-corrected chi connectivity index (χ4v) is 3.45. The Morgan fingerprint density at radius 1 is 1.17 bits per heavy atom. The SMILES string of the molecule is O=C(CCCn1nnc(-c2ccccc2)n1)NCCc1cc(Cl)c2c(c1)OCCO2. The Balaban J connectivity index is 1.19. The zero-order valence-corrected chi connectivity index (χ0v) is 17.1. The van der Waals surface area contributed by atoms with Crippen LogP contribution in [0.3, 0.4) is 0 Å². The number of nitrogens with zero attached hydrogens (tertiary/aromatic N) is 4. The van der Waals surface area contributed by atoms with Gasteiger partial charge < -0.3 is 14.8 Å². The Hall–Kier alpha value is -3.13. The normalized spacial score (nSPS) is 12.6. The Labute approximate surface area is 179 Å². The third kappa shape index (κ3) is 5.07. The first-order chi connectivity index (χ1) is 14.7. The van der Waals surface area contributed by atoms with Gasteiger partial charge in [0.15, 0.2) is 11.5 Å². The summed E-state index contributed by atoms with van der Waals surface area (Å²) in [6.45, 7) is 2.07. The lowest BCUT2D eigenvalue weighted by molar-refractivity contribution is -0.121. The van der Waals surface area contributed by atoms with E-state index in [0.717, 1.165) is 11.1 Å². The van der Waals surface area contributed by atoms with Gasteiger partial charge in [0.25, 0.3) is 0 Å². The van der Waals surface area contributed by atoms with Crippen molar-refractivity contribution in [2.24, 2.45) is 0 Å². The maximum Gasteiger partial charge on any atom is 0.220 e. The van der Waals surface area contributed by atoms with E-state index < -0.39 is 0 Å². The summed E-state index contributed by atoms with van der Waals surface area (Å²) in [5.74, 6) is 1.82. The number of amides is 1. The average molecular weight is 428 g/mol. The van der Waals surface area contributed by atoms with Gasteiger partial charge in [0.1, 0.15) is 13.2 Å². The Bertz CT molecular complexity index is 1010. The summed E-state index contributed by atoms with van der Waals surface area (Å²) < 4.78 is 11.1. The molecule has 156 valence electrons. The zero-order valence-electron chi connectivity index (χ0n) is 16.4. The maximum atomic E-state index is 12.1. The Morgan fingerprint density at radius 3 is 2.87 bits per heavy atom. The van der Waals surface area contributed by atoms with Gasteiger partial charge in [-0.15, -0.1) is 10.2 Å². The second-order valence-corrected chi connectivity index (χ2v) is 7.29. The quantitative estimate of drug-likeness (QED) is 0.594. The van der Waals surface area contributed by atoms with Gasteiger partial charge in [0, 0.05) is 18.5 Å². The molecule has 0 saturated heterocycles. The number of aromatic nitrogens is 4. The van der Waals surface area contributed by atoms with E-state index in [1.807, 2.05) is 42.5 Å². The molecule has 0 fully saturated rings. The van der Waals surface area contributed by atoms with Crippen molar-refractivity contribution >= 4 is 17.5 Å². The van der Waals surface area contributed by atoms with Crippen molar-refractivity contribution in [2.45, 2.75) is 25.8 Å². The van der Waals surface area contributed by atoms with Crippen LogP contribution in [0.25, 0.3) is 11.4 Å². The van der Waals surface area contributed by atoms with Crippen molar-refractivity contribution in [3.8, 4) is 22.9 Å². The van der Waals surface area contributed by atoms with Crippen LogP contribution >= 0.6 is 11.6 Å². The van der Waals surface area contributed by atoms with Gasteiger partial charge in [-0.2, -0.15) is 4.80 Å². The number of hydrogen-bond donors (Lipinski definition) is 1. The molecule has 30 heavy (non-hydrogen) atoms. The largest absolute Gasteiger partial charge is 0.486 e. The second-order valence-electron chi connectivity index (χ2n) is 6.88. The number of fused-ring (bicyclic) bond motifs is 1. The van der Waals surface area contributed by atoms with Crippen LogP contribution in [0.15, 0.2) is 42.5 Å². The van der Waals surface area contributed by atoms with Crippen LogP contribution in [-0.4, -0.2) is 45.9 Å². The molecule has 0 aliphatic carbocycles. The van der Waals surface area contributed by atoms with Gasteiger partial charge in [-0.05, 0) is 35.8 Å². The monoisotopic (exact) mass is 427 g/mol. The van der Waals surface area contributed by atoms with Gasteiger partial charge in [0.2, 0.25) is 11.7 Å². The predicted molar refractivity (Wildman–Crippen MR) is 112 cm³/mol. The van der Waals surface area contributed by atoms with Gasteiger partial charge in [-0.3, -0.25) is 4.79 Å². The van der Waals surface area contributed by atoms with Gasteiger partial charge in [0.05, 0.1) is 11.6 Å². The predicted octanol–water partition coefficient (Wildman–Crippen LogP) is 2.90. The van der Waals surface area contributed by atoms with Crippen molar-refractivity contribution < 1.29 is 14.3 Å². The fraction of sp³-hybridized carbons (Fsp3) is 0.333. The molecule has 0 radical (unpaired) electrons. The highest BCUT2D eigenvalue weighted by atomic mass is 35.5. The number of hydrogen-bond acceptors (Lipinski definition) is 6. The lowest BCUT2D eigenvalue weighted by Gasteiger charge is -2.20. The van der Waals surface area contributed by atoms with E-state index in [2.05, 4.69) is 20.7 Å². The maximum absolute atomic E-state index is 12.1. The minimum absolute atomic E-state index is 0.0120. The highest BCUT2D eigenvalue weighted by Gasteiger charge is 2.16. The van der Waals surface area contributed by atoms with Crippen LogP contribution < -0.4 is 14.8 Å². The topological polar surface area (TPSA) is 91.2 Å². The summed E-state index contributed by atoms with van der Waals surface area (Å²) in [5, 5.41) is 15.9. The summed E-state index contributed by atoms with van der Waals surface area (Å²) in [7, 11) is 0. The Morgan fingerprint density at radius 2 is 2.00 bits per heavy atom. The molecule has 0 bridgehead atoms. The smallest absolute Gasteiger partial charge is 0.220 e. The molecule has 1 N–H and O–H groups in total. The molecule has 9 heteroatoms. The van der Waals surface area contributed by atoms with Crippen molar-refractivity contribution in [1.82, 2.24) is 25.5 Å². The molecular weight excluding hydrogens is 406 g/mol. The van der Waals surface area contributed by atoms with Crippen LogP contribution in [0.5, 0.6) is 11.5 Å². The van der Waals surface area contributed by atoms with E-state index in [-0.39, 0.29) is 5.91 Å². The summed E-state index contributed by atoms with van der Waals surface area (Å²) in [6.07, 6.45) is 1.68. The number of nitrogens with one attached hydrogen (secondary N) is 1. The second kappa shape index (κ2) is 9.58. The lowest BCUT2D eigenvalue weighted by Crippen LogP contribution is -2.25.